The summed E-state index contributed by atoms with van der Waals surface area (Å²) < 4.78 is 36.7. The van der Waals surface area contributed by atoms with Crippen LogP contribution in [-0.4, -0.2) is 95.7 Å². The van der Waals surface area contributed by atoms with Crippen molar-refractivity contribution in [3.63, 3.8) is 0 Å². The number of piperazine rings is 2. The largest absolute Gasteiger partial charge is 0.444 e. The maximum absolute atomic E-state index is 13.5. The van der Waals surface area contributed by atoms with E-state index in [4.69, 9.17) is 9.47 Å². The minimum Gasteiger partial charge on any atom is -0.444 e. The molecule has 2 fully saturated rings. The van der Waals surface area contributed by atoms with Gasteiger partial charge in [-0.3, -0.25) is 9.69 Å². The molecule has 11 heteroatoms. The van der Waals surface area contributed by atoms with Crippen molar-refractivity contribution in [1.29, 1.82) is 0 Å². The van der Waals surface area contributed by atoms with Gasteiger partial charge in [-0.2, -0.15) is 0 Å². The molecule has 2 aromatic carbocycles. The van der Waals surface area contributed by atoms with E-state index in [1.807, 2.05) is 68.4 Å². The molecular weight excluding hydrogens is 606 g/mol. The number of nitrogens with one attached hydrogen (secondary N) is 1. The Labute approximate surface area is 279 Å². The maximum Gasteiger partial charge on any atom is 0.410 e. The molecule has 262 valence electrons. The molecule has 0 aliphatic carbocycles. The summed E-state index contributed by atoms with van der Waals surface area (Å²) in [4.78, 5) is 39.9. The summed E-state index contributed by atoms with van der Waals surface area (Å²) in [7, 11) is 0. The van der Waals surface area contributed by atoms with Crippen LogP contribution < -0.4 is 5.32 Å². The van der Waals surface area contributed by atoms with Gasteiger partial charge in [-0.05, 0) is 116 Å². The van der Waals surface area contributed by atoms with Crippen LogP contribution in [0.5, 0.6) is 0 Å². The molecule has 2 atom stereocenters. The maximum atomic E-state index is 13.5. The minimum atomic E-state index is -0.479. The summed E-state index contributed by atoms with van der Waals surface area (Å²) in [5.74, 6) is -0.553. The van der Waals surface area contributed by atoms with Crippen molar-refractivity contribution in [2.75, 3.05) is 39.3 Å². The van der Waals surface area contributed by atoms with Gasteiger partial charge in [0, 0.05) is 63.5 Å². The molecule has 2 heterocycles. The van der Waals surface area contributed by atoms with E-state index < -0.39 is 11.2 Å². The summed E-state index contributed by atoms with van der Waals surface area (Å²) in [6.07, 6.45) is 0.175. The lowest BCUT2D eigenvalue weighted by atomic mass is 10.1. The molecule has 0 radical (unpaired) electrons. The summed E-state index contributed by atoms with van der Waals surface area (Å²) in [6, 6.07) is 9.65. The van der Waals surface area contributed by atoms with E-state index in [0.717, 1.165) is 49.4 Å². The number of carbonyl (C=O) groups is 3. The lowest BCUT2D eigenvalue weighted by molar-refractivity contribution is 0.000472. The number of hydrogen-bond donors (Lipinski definition) is 1. The molecule has 2 aromatic rings. The fourth-order valence-electron chi connectivity index (χ4n) is 5.20. The zero-order chi connectivity index (χ0) is 35.5. The van der Waals surface area contributed by atoms with Crippen LogP contribution in [-0.2, 0) is 16.0 Å². The molecule has 0 saturated carbocycles. The average Bonchev–Trinajstić information content (AvgIpc) is 2.91. The Morgan fingerprint density at radius 3 is 1.81 bits per heavy atom. The van der Waals surface area contributed by atoms with Crippen LogP contribution in [0, 0.1) is 25.5 Å². The van der Waals surface area contributed by atoms with Crippen LogP contribution >= 0.6 is 0 Å². The molecule has 47 heavy (non-hydrogen) atoms. The van der Waals surface area contributed by atoms with Crippen molar-refractivity contribution < 1.29 is 32.6 Å². The Hall–Kier alpha value is -3.57. The van der Waals surface area contributed by atoms with Gasteiger partial charge >= 0.3 is 12.2 Å². The molecule has 0 aromatic heterocycles. The zero-order valence-corrected chi connectivity index (χ0v) is 29.8. The van der Waals surface area contributed by atoms with E-state index in [0.29, 0.717) is 24.9 Å². The number of aryl methyl sites for hydroxylation is 2. The van der Waals surface area contributed by atoms with E-state index in [-0.39, 0.29) is 35.9 Å². The third-order valence-electron chi connectivity index (χ3n) is 7.18. The fourth-order valence-corrected chi connectivity index (χ4v) is 5.20. The molecule has 2 aliphatic heterocycles. The van der Waals surface area contributed by atoms with Gasteiger partial charge in [-0.15, -0.1) is 0 Å². The number of benzene rings is 2. The Morgan fingerprint density at radius 2 is 1.34 bits per heavy atom. The molecule has 2 saturated heterocycles. The Morgan fingerprint density at radius 1 is 0.809 bits per heavy atom. The number of ether oxygens (including phenoxy) is 2. The first-order valence-electron chi connectivity index (χ1n) is 16.2. The van der Waals surface area contributed by atoms with Gasteiger partial charge < -0.3 is 24.6 Å². The third kappa shape index (κ3) is 14.8. The second-order valence-electron chi connectivity index (χ2n) is 14.3. The van der Waals surface area contributed by atoms with Crippen molar-refractivity contribution in [2.45, 2.75) is 99.1 Å². The normalized spacial score (nSPS) is 18.6. The summed E-state index contributed by atoms with van der Waals surface area (Å²) in [6.45, 7) is 24.2. The van der Waals surface area contributed by atoms with Crippen molar-refractivity contribution in [1.82, 2.24) is 20.0 Å². The Bertz CT molecular complexity index is 1300. The predicted molar refractivity (Wildman–Crippen MR) is 181 cm³/mol. The van der Waals surface area contributed by atoms with Crippen molar-refractivity contribution in [3.05, 3.63) is 70.3 Å². The van der Waals surface area contributed by atoms with Crippen molar-refractivity contribution >= 4 is 18.5 Å². The highest BCUT2D eigenvalue weighted by Gasteiger charge is 2.31. The van der Waals surface area contributed by atoms with E-state index in [1.54, 1.807) is 28.9 Å². The first-order valence-corrected chi connectivity index (χ1v) is 16.2. The smallest absolute Gasteiger partial charge is 0.410 e. The molecule has 0 unspecified atom stereocenters. The van der Waals surface area contributed by atoms with Gasteiger partial charge in [0.15, 0.2) is 0 Å². The summed E-state index contributed by atoms with van der Waals surface area (Å²) in [5.41, 5.74) is 2.18. The molecule has 9 nitrogen and oxygen atoms in total. The highest BCUT2D eigenvalue weighted by molar-refractivity contribution is 5.75. The third-order valence-corrected chi connectivity index (χ3v) is 7.18. The monoisotopic (exact) mass is 660 g/mol. The number of nitrogens with zero attached hydrogens (tertiary/aromatic N) is 3. The zero-order valence-electron chi connectivity index (χ0n) is 29.8. The van der Waals surface area contributed by atoms with Crippen LogP contribution in [0.4, 0.5) is 18.4 Å². The number of amides is 2. The van der Waals surface area contributed by atoms with Crippen LogP contribution in [0.2, 0.25) is 0 Å². The number of rotatable bonds is 3. The van der Waals surface area contributed by atoms with Crippen LogP contribution in [0.15, 0.2) is 36.4 Å². The van der Waals surface area contributed by atoms with Gasteiger partial charge in [-0.1, -0.05) is 6.07 Å². The molecular formula is C36H54F2N4O5. The van der Waals surface area contributed by atoms with Gasteiger partial charge in [0.2, 0.25) is 0 Å². The second kappa shape index (κ2) is 17.5. The van der Waals surface area contributed by atoms with E-state index in [2.05, 4.69) is 10.2 Å². The summed E-state index contributed by atoms with van der Waals surface area (Å²) in [5, 5.41) is 3.23. The van der Waals surface area contributed by atoms with E-state index >= 15 is 0 Å². The van der Waals surface area contributed by atoms with Crippen LogP contribution in [0.3, 0.4) is 0 Å². The molecule has 0 bridgehead atoms. The molecule has 4 rings (SSSR count). The van der Waals surface area contributed by atoms with Crippen molar-refractivity contribution in [2.24, 2.45) is 0 Å². The van der Waals surface area contributed by atoms with Gasteiger partial charge in [0.1, 0.15) is 29.1 Å². The van der Waals surface area contributed by atoms with Crippen molar-refractivity contribution in [3.8, 4) is 0 Å². The van der Waals surface area contributed by atoms with E-state index in [1.165, 1.54) is 18.2 Å². The number of hydrogen-bond acceptors (Lipinski definition) is 7. The number of halogens is 2. The topological polar surface area (TPSA) is 91.4 Å². The predicted octanol–water partition coefficient (Wildman–Crippen LogP) is 6.74. The number of aldehydes is 1. The SMILES string of the molecule is C[C@@H]1CNCCN1C(=O)OC(C)(C)C.Cc1cc(F)cc(C=O)c1.Cc1cc(F)cc(CN2CCN(C(=O)OC(C)(C)C)[C@H](C)C2)c1. The van der Waals surface area contributed by atoms with E-state index in [9.17, 15) is 23.2 Å². The number of carbonyl (C=O) groups excluding carboxylic acids is 3. The van der Waals surface area contributed by atoms with Gasteiger partial charge in [0.05, 0.1) is 0 Å². The first kappa shape index (κ1) is 39.6. The summed E-state index contributed by atoms with van der Waals surface area (Å²) >= 11 is 0. The highest BCUT2D eigenvalue weighted by Crippen LogP contribution is 2.18. The van der Waals surface area contributed by atoms with Crippen LogP contribution in [0.1, 0.15) is 82.4 Å². The lowest BCUT2D eigenvalue weighted by Gasteiger charge is -2.40. The quantitative estimate of drug-likeness (QED) is 0.365. The van der Waals surface area contributed by atoms with Gasteiger partial charge in [0.25, 0.3) is 0 Å². The Kier molecular flexibility index (Phi) is 14.8. The standard InChI is InChI=1S/C18H27FN2O2.C10H20N2O2.C8H7FO/c1-13-8-15(10-16(19)9-13)12-20-6-7-21(14(2)11-20)17(22)23-18(3,4)5;1-8-7-11-5-6-12(8)9(13)14-10(2,3)4;1-6-2-7(5-10)4-8(9)3-6/h8-10,14H,6-7,11-12H2,1-5H3;8,11H,5-7H2,1-4H3;2-5H,1H3/t14-;8-;/m11./s1. The second-order valence-corrected chi connectivity index (χ2v) is 14.3. The van der Waals surface area contributed by atoms with Crippen LogP contribution in [0.25, 0.3) is 0 Å². The molecule has 2 aliphatic rings. The first-order chi connectivity index (χ1) is 21.8. The Balaban J connectivity index is 0.000000271. The molecule has 2 amide bonds. The molecule has 1 N–H and O–H groups in total. The van der Waals surface area contributed by atoms with Gasteiger partial charge in [-0.25, -0.2) is 18.4 Å². The average molecular weight is 661 g/mol. The minimum absolute atomic E-state index is 0.0771. The molecule has 0 spiro atoms. The lowest BCUT2D eigenvalue weighted by Crippen LogP contribution is -2.54. The highest BCUT2D eigenvalue weighted by atomic mass is 19.1. The fraction of sp³-hybridized carbons (Fsp3) is 0.583.